The first-order valence-electron chi connectivity index (χ1n) is 9.35. The predicted octanol–water partition coefficient (Wildman–Crippen LogP) is 1.41. The number of aryl methyl sites for hydroxylation is 1. The first-order chi connectivity index (χ1) is 13.0. The molecule has 7 nitrogen and oxygen atoms in total. The number of nitrogens with zero attached hydrogens (tertiary/aromatic N) is 2. The molecule has 1 aliphatic rings. The molecule has 0 atom stereocenters. The van der Waals surface area contributed by atoms with Crippen LogP contribution in [0.25, 0.3) is 0 Å². The quantitative estimate of drug-likeness (QED) is 0.605. The highest BCUT2D eigenvalue weighted by atomic mass is 16.5. The second kappa shape index (κ2) is 10.9. The number of benzene rings is 1. The first kappa shape index (κ1) is 21.2. The van der Waals surface area contributed by atoms with Gasteiger partial charge < -0.3 is 19.1 Å². The zero-order valence-electron chi connectivity index (χ0n) is 16.5. The lowest BCUT2D eigenvalue weighted by atomic mass is 10.1. The number of carbonyl (C=O) groups excluding carboxylic acids is 2. The Morgan fingerprint density at radius 1 is 1.19 bits per heavy atom. The van der Waals surface area contributed by atoms with Gasteiger partial charge in [-0.1, -0.05) is 12.1 Å². The van der Waals surface area contributed by atoms with Crippen molar-refractivity contribution < 1.29 is 23.8 Å². The summed E-state index contributed by atoms with van der Waals surface area (Å²) < 4.78 is 15.8. The predicted molar refractivity (Wildman–Crippen MR) is 102 cm³/mol. The summed E-state index contributed by atoms with van der Waals surface area (Å²) in [5, 5.41) is 0. The molecule has 7 heteroatoms. The van der Waals surface area contributed by atoms with Crippen LogP contribution in [0.4, 0.5) is 0 Å². The zero-order chi connectivity index (χ0) is 19.6. The Bertz CT molecular complexity index is 629. The molecule has 27 heavy (non-hydrogen) atoms. The summed E-state index contributed by atoms with van der Waals surface area (Å²) in [5.41, 5.74) is 2.15. The van der Waals surface area contributed by atoms with Crippen LogP contribution in [-0.4, -0.2) is 81.3 Å². The van der Waals surface area contributed by atoms with E-state index in [-0.39, 0.29) is 24.9 Å². The Labute approximate surface area is 161 Å². The Balaban J connectivity index is 1.91. The van der Waals surface area contributed by atoms with Crippen LogP contribution >= 0.6 is 0 Å². The lowest BCUT2D eigenvalue weighted by Crippen LogP contribution is -2.44. The minimum atomic E-state index is -0.324. The number of hydrogen-bond acceptors (Lipinski definition) is 6. The van der Waals surface area contributed by atoms with Crippen LogP contribution in [0.15, 0.2) is 18.2 Å². The molecule has 1 saturated heterocycles. The summed E-state index contributed by atoms with van der Waals surface area (Å²) in [6.07, 6.45) is 0.175. The van der Waals surface area contributed by atoms with Gasteiger partial charge in [-0.3, -0.25) is 14.5 Å². The molecule has 1 amide bonds. The van der Waals surface area contributed by atoms with Crippen molar-refractivity contribution in [1.29, 1.82) is 0 Å². The molecule has 150 valence electrons. The zero-order valence-corrected chi connectivity index (χ0v) is 16.5. The van der Waals surface area contributed by atoms with Crippen molar-refractivity contribution in [3.8, 4) is 5.75 Å². The molecule has 1 aliphatic heterocycles. The molecule has 2 rings (SSSR count). The average molecular weight is 378 g/mol. The molecule has 1 fully saturated rings. The van der Waals surface area contributed by atoms with Gasteiger partial charge in [-0.05, 0) is 31.0 Å². The van der Waals surface area contributed by atoms with Crippen molar-refractivity contribution in [3.63, 3.8) is 0 Å². The number of ether oxygens (including phenoxy) is 3. The molecule has 0 aromatic heterocycles. The summed E-state index contributed by atoms with van der Waals surface area (Å²) in [4.78, 5) is 28.1. The molecule has 0 N–H and O–H groups in total. The van der Waals surface area contributed by atoms with Crippen LogP contribution in [-0.2, 0) is 19.1 Å². The smallest absolute Gasteiger partial charge is 0.307 e. The van der Waals surface area contributed by atoms with Crippen LogP contribution in [0.5, 0.6) is 5.75 Å². The van der Waals surface area contributed by atoms with Gasteiger partial charge in [0.2, 0.25) is 0 Å². The molecule has 1 heterocycles. The first-order valence-corrected chi connectivity index (χ1v) is 9.35. The van der Waals surface area contributed by atoms with E-state index in [1.54, 1.807) is 4.90 Å². The van der Waals surface area contributed by atoms with Gasteiger partial charge in [0.25, 0.3) is 5.91 Å². The second-order valence-corrected chi connectivity index (χ2v) is 6.65. The summed E-state index contributed by atoms with van der Waals surface area (Å²) in [6.45, 7) is 8.71. The fourth-order valence-corrected chi connectivity index (χ4v) is 2.89. The maximum atomic E-state index is 12.7. The maximum absolute atomic E-state index is 12.7. The SMILES string of the molecule is COC(=O)CCN(CCN1CCOCC1)C(=O)COc1cccc(C)c1C. The molecular formula is C20H30N2O5. The normalized spacial score (nSPS) is 14.6. The number of esters is 1. The maximum Gasteiger partial charge on any atom is 0.307 e. The minimum absolute atomic E-state index is 0.0470. The van der Waals surface area contributed by atoms with Crippen LogP contribution in [0.2, 0.25) is 0 Å². The molecule has 0 aliphatic carbocycles. The van der Waals surface area contributed by atoms with Gasteiger partial charge in [0, 0.05) is 32.7 Å². The lowest BCUT2D eigenvalue weighted by molar-refractivity contribution is -0.142. The van der Waals surface area contributed by atoms with E-state index < -0.39 is 0 Å². The molecule has 1 aromatic carbocycles. The van der Waals surface area contributed by atoms with Crippen molar-refractivity contribution >= 4 is 11.9 Å². The van der Waals surface area contributed by atoms with Crippen molar-refractivity contribution in [2.45, 2.75) is 20.3 Å². The molecule has 1 aromatic rings. The van der Waals surface area contributed by atoms with Crippen molar-refractivity contribution in [2.75, 3.05) is 59.7 Å². The van der Waals surface area contributed by atoms with E-state index in [1.165, 1.54) is 7.11 Å². The number of carbonyl (C=O) groups is 2. The average Bonchev–Trinajstić information content (AvgIpc) is 2.69. The van der Waals surface area contributed by atoms with Gasteiger partial charge in [-0.15, -0.1) is 0 Å². The van der Waals surface area contributed by atoms with Crippen LogP contribution in [0.1, 0.15) is 17.5 Å². The largest absolute Gasteiger partial charge is 0.483 e. The highest BCUT2D eigenvalue weighted by molar-refractivity contribution is 5.78. The van der Waals surface area contributed by atoms with E-state index in [0.29, 0.717) is 32.1 Å². The monoisotopic (exact) mass is 378 g/mol. The van der Waals surface area contributed by atoms with Gasteiger partial charge >= 0.3 is 5.97 Å². The topological polar surface area (TPSA) is 68.3 Å². The molecule has 0 unspecified atom stereocenters. The Morgan fingerprint density at radius 3 is 2.63 bits per heavy atom. The minimum Gasteiger partial charge on any atom is -0.483 e. The number of hydrogen-bond donors (Lipinski definition) is 0. The molecular weight excluding hydrogens is 348 g/mol. The Morgan fingerprint density at radius 2 is 1.93 bits per heavy atom. The van der Waals surface area contributed by atoms with Gasteiger partial charge in [0.1, 0.15) is 5.75 Å². The second-order valence-electron chi connectivity index (χ2n) is 6.65. The third-order valence-corrected chi connectivity index (χ3v) is 4.86. The number of methoxy groups -OCH3 is 1. The number of amides is 1. The third kappa shape index (κ3) is 6.84. The van der Waals surface area contributed by atoms with E-state index in [4.69, 9.17) is 14.2 Å². The summed E-state index contributed by atoms with van der Waals surface area (Å²) in [6, 6.07) is 5.78. The highest BCUT2D eigenvalue weighted by Crippen LogP contribution is 2.20. The van der Waals surface area contributed by atoms with E-state index in [0.717, 1.165) is 30.8 Å². The number of morpholine rings is 1. The van der Waals surface area contributed by atoms with Crippen LogP contribution in [0, 0.1) is 13.8 Å². The summed E-state index contributed by atoms with van der Waals surface area (Å²) in [7, 11) is 1.35. The van der Waals surface area contributed by atoms with Crippen LogP contribution < -0.4 is 4.74 Å². The molecule has 0 radical (unpaired) electrons. The van der Waals surface area contributed by atoms with Crippen molar-refractivity contribution in [3.05, 3.63) is 29.3 Å². The standard InChI is InChI=1S/C20H30N2O5/c1-16-5-4-6-18(17(16)2)27-15-19(23)22(8-7-20(24)25-3)10-9-21-11-13-26-14-12-21/h4-6H,7-15H2,1-3H3. The van der Waals surface area contributed by atoms with Gasteiger partial charge in [0.05, 0.1) is 26.7 Å². The molecule has 0 spiro atoms. The van der Waals surface area contributed by atoms with Crippen molar-refractivity contribution in [1.82, 2.24) is 9.80 Å². The number of rotatable bonds is 9. The van der Waals surface area contributed by atoms with E-state index >= 15 is 0 Å². The molecule has 0 bridgehead atoms. The third-order valence-electron chi connectivity index (χ3n) is 4.86. The van der Waals surface area contributed by atoms with Crippen LogP contribution in [0.3, 0.4) is 0 Å². The van der Waals surface area contributed by atoms with E-state index in [1.807, 2.05) is 32.0 Å². The van der Waals surface area contributed by atoms with E-state index in [9.17, 15) is 9.59 Å². The van der Waals surface area contributed by atoms with E-state index in [2.05, 4.69) is 4.90 Å². The Hall–Kier alpha value is -2.12. The van der Waals surface area contributed by atoms with Gasteiger partial charge in [0.15, 0.2) is 6.61 Å². The lowest BCUT2D eigenvalue weighted by Gasteiger charge is -2.30. The summed E-state index contributed by atoms with van der Waals surface area (Å²) >= 11 is 0. The highest BCUT2D eigenvalue weighted by Gasteiger charge is 2.19. The fourth-order valence-electron chi connectivity index (χ4n) is 2.89. The summed E-state index contributed by atoms with van der Waals surface area (Å²) in [5.74, 6) is 0.257. The fraction of sp³-hybridized carbons (Fsp3) is 0.600. The van der Waals surface area contributed by atoms with Gasteiger partial charge in [-0.2, -0.15) is 0 Å². The van der Waals surface area contributed by atoms with Crippen molar-refractivity contribution in [2.24, 2.45) is 0 Å². The Kier molecular flexibility index (Phi) is 8.54. The molecule has 0 saturated carbocycles. The van der Waals surface area contributed by atoms with Gasteiger partial charge in [-0.25, -0.2) is 0 Å².